The fourth-order valence-electron chi connectivity index (χ4n) is 1.48. The minimum Gasteiger partial charge on any atom is -0.477 e. The van der Waals surface area contributed by atoms with E-state index < -0.39 is 18.1 Å². The number of carbonyl (C=O) groups is 1. The molecule has 0 atom stereocenters. The molecule has 1 N–H and O–H groups in total. The van der Waals surface area contributed by atoms with Crippen molar-refractivity contribution >= 4 is 5.97 Å². The number of halogens is 3. The van der Waals surface area contributed by atoms with Crippen molar-refractivity contribution in [1.29, 1.82) is 0 Å². The number of alkyl halides is 3. The zero-order valence-electron chi connectivity index (χ0n) is 9.76. The van der Waals surface area contributed by atoms with Gasteiger partial charge in [-0.15, -0.1) is 13.2 Å². The molecule has 2 aromatic rings. The average Bonchev–Trinajstić information content (AvgIpc) is 2.37. The van der Waals surface area contributed by atoms with Gasteiger partial charge in [0.25, 0.3) is 0 Å². The number of aromatic carboxylic acids is 1. The number of hydrogen-bond acceptors (Lipinski definition) is 4. The Bertz CT molecular complexity index is 644. The second-order valence-corrected chi connectivity index (χ2v) is 3.67. The molecule has 0 fully saturated rings. The Balaban J connectivity index is 2.36. The van der Waals surface area contributed by atoms with Crippen molar-refractivity contribution in [2.24, 2.45) is 0 Å². The lowest BCUT2D eigenvalue weighted by atomic mass is 10.1. The number of carboxylic acids is 1. The van der Waals surface area contributed by atoms with Crippen LogP contribution in [0.4, 0.5) is 13.2 Å². The maximum atomic E-state index is 12.1. The van der Waals surface area contributed by atoms with Gasteiger partial charge in [0, 0.05) is 5.56 Å². The van der Waals surface area contributed by atoms with Gasteiger partial charge in [0.1, 0.15) is 12.1 Å². The minimum atomic E-state index is -4.80. The van der Waals surface area contributed by atoms with Crippen LogP contribution >= 0.6 is 0 Å². The van der Waals surface area contributed by atoms with E-state index in [1.54, 1.807) is 0 Å². The van der Waals surface area contributed by atoms with Crippen LogP contribution in [0.3, 0.4) is 0 Å². The molecule has 0 aliphatic carbocycles. The van der Waals surface area contributed by atoms with Crippen LogP contribution in [0.1, 0.15) is 10.5 Å². The molecule has 0 saturated carbocycles. The summed E-state index contributed by atoms with van der Waals surface area (Å²) in [4.78, 5) is 18.1. The zero-order valence-corrected chi connectivity index (χ0v) is 9.76. The van der Waals surface area contributed by atoms with Crippen molar-refractivity contribution < 1.29 is 27.8 Å². The van der Waals surface area contributed by atoms with E-state index in [4.69, 9.17) is 5.11 Å². The Morgan fingerprint density at radius 1 is 1.20 bits per heavy atom. The van der Waals surface area contributed by atoms with Crippen LogP contribution in [0.25, 0.3) is 11.3 Å². The van der Waals surface area contributed by atoms with Gasteiger partial charge in [0.05, 0.1) is 5.69 Å². The Hall–Kier alpha value is -2.64. The average molecular weight is 284 g/mol. The van der Waals surface area contributed by atoms with Crippen LogP contribution in [-0.2, 0) is 0 Å². The summed E-state index contributed by atoms with van der Waals surface area (Å²) in [5.74, 6) is -1.66. The topological polar surface area (TPSA) is 72.3 Å². The molecule has 0 bridgehead atoms. The van der Waals surface area contributed by atoms with Gasteiger partial charge in [-0.05, 0) is 18.2 Å². The maximum absolute atomic E-state index is 12.1. The van der Waals surface area contributed by atoms with E-state index in [9.17, 15) is 18.0 Å². The first-order valence-electron chi connectivity index (χ1n) is 5.27. The molecule has 104 valence electrons. The predicted octanol–water partition coefficient (Wildman–Crippen LogP) is 2.74. The van der Waals surface area contributed by atoms with Crippen molar-refractivity contribution in [3.8, 4) is 17.0 Å². The van der Waals surface area contributed by atoms with Crippen LogP contribution in [0, 0.1) is 0 Å². The van der Waals surface area contributed by atoms with Crippen LogP contribution in [0.5, 0.6) is 5.75 Å². The lowest BCUT2D eigenvalue weighted by Gasteiger charge is -2.09. The van der Waals surface area contributed by atoms with E-state index in [2.05, 4.69) is 14.7 Å². The fraction of sp³-hybridized carbons (Fsp3) is 0.0833. The van der Waals surface area contributed by atoms with Crippen LogP contribution in [-0.4, -0.2) is 27.4 Å². The number of hydrogen-bond donors (Lipinski definition) is 1. The first-order valence-corrected chi connectivity index (χ1v) is 5.27. The molecular formula is C12H7F3N2O3. The van der Waals surface area contributed by atoms with Crippen molar-refractivity contribution in [2.75, 3.05) is 0 Å². The monoisotopic (exact) mass is 284 g/mol. The highest BCUT2D eigenvalue weighted by atomic mass is 19.4. The summed E-state index contributed by atoms with van der Waals surface area (Å²) in [5, 5.41) is 8.80. The fourth-order valence-corrected chi connectivity index (χ4v) is 1.48. The van der Waals surface area contributed by atoms with Crippen molar-refractivity contribution in [2.45, 2.75) is 6.36 Å². The van der Waals surface area contributed by atoms with Crippen LogP contribution in [0.15, 0.2) is 36.7 Å². The summed E-state index contributed by atoms with van der Waals surface area (Å²) < 4.78 is 40.1. The summed E-state index contributed by atoms with van der Waals surface area (Å²) in [6.45, 7) is 0. The normalized spacial score (nSPS) is 11.2. The molecule has 1 aromatic heterocycles. The number of aromatic nitrogens is 2. The van der Waals surface area contributed by atoms with E-state index in [0.717, 1.165) is 24.5 Å². The number of ether oxygens (including phenoxy) is 1. The molecule has 0 unspecified atom stereocenters. The molecule has 0 amide bonds. The zero-order chi connectivity index (χ0) is 14.8. The lowest BCUT2D eigenvalue weighted by Crippen LogP contribution is -2.17. The highest BCUT2D eigenvalue weighted by molar-refractivity contribution is 5.86. The largest absolute Gasteiger partial charge is 0.573 e. The third-order valence-corrected chi connectivity index (χ3v) is 2.25. The van der Waals surface area contributed by atoms with Crippen LogP contribution < -0.4 is 4.74 Å². The van der Waals surface area contributed by atoms with Gasteiger partial charge < -0.3 is 9.84 Å². The number of benzene rings is 1. The molecule has 0 saturated heterocycles. The molecule has 20 heavy (non-hydrogen) atoms. The molecule has 8 heteroatoms. The van der Waals surface area contributed by atoms with E-state index in [-0.39, 0.29) is 17.0 Å². The molecule has 0 aliphatic heterocycles. The van der Waals surface area contributed by atoms with Gasteiger partial charge in [-0.2, -0.15) is 0 Å². The van der Waals surface area contributed by atoms with Crippen molar-refractivity contribution in [3.63, 3.8) is 0 Å². The second kappa shape index (κ2) is 5.16. The second-order valence-electron chi connectivity index (χ2n) is 3.67. The third kappa shape index (κ3) is 3.44. The Kier molecular flexibility index (Phi) is 3.55. The molecule has 0 radical (unpaired) electrons. The summed E-state index contributed by atoms with van der Waals surface area (Å²) in [7, 11) is 0. The Morgan fingerprint density at radius 2 is 1.95 bits per heavy atom. The van der Waals surface area contributed by atoms with Gasteiger partial charge in [-0.25, -0.2) is 14.8 Å². The van der Waals surface area contributed by atoms with Gasteiger partial charge in [-0.3, -0.25) is 0 Å². The summed E-state index contributed by atoms with van der Waals surface area (Å²) in [6, 6.07) is 6.24. The van der Waals surface area contributed by atoms with E-state index in [1.165, 1.54) is 12.1 Å². The van der Waals surface area contributed by atoms with Crippen molar-refractivity contribution in [3.05, 3.63) is 42.4 Å². The quantitative estimate of drug-likeness (QED) is 0.938. The molecule has 1 heterocycles. The molecular weight excluding hydrogens is 277 g/mol. The highest BCUT2D eigenvalue weighted by Gasteiger charge is 2.31. The first kappa shape index (κ1) is 13.8. The van der Waals surface area contributed by atoms with Gasteiger partial charge in [-0.1, -0.05) is 12.1 Å². The number of carboxylic acid groups (broad SMARTS) is 1. The minimum absolute atomic E-state index is 0.185. The number of nitrogens with zero attached hydrogens (tertiary/aromatic N) is 2. The smallest absolute Gasteiger partial charge is 0.477 e. The summed E-state index contributed by atoms with van der Waals surface area (Å²) >= 11 is 0. The van der Waals surface area contributed by atoms with Gasteiger partial charge in [0.15, 0.2) is 5.69 Å². The number of rotatable bonds is 3. The summed E-state index contributed by atoms with van der Waals surface area (Å²) in [5.41, 5.74) is 0.221. The molecule has 0 spiro atoms. The summed E-state index contributed by atoms with van der Waals surface area (Å²) in [6.07, 6.45) is -3.77. The van der Waals surface area contributed by atoms with Crippen LogP contribution in [0.2, 0.25) is 0 Å². The lowest BCUT2D eigenvalue weighted by molar-refractivity contribution is -0.274. The van der Waals surface area contributed by atoms with E-state index >= 15 is 0 Å². The van der Waals surface area contributed by atoms with Gasteiger partial charge in [0.2, 0.25) is 0 Å². The van der Waals surface area contributed by atoms with E-state index in [1.807, 2.05) is 0 Å². The van der Waals surface area contributed by atoms with Gasteiger partial charge >= 0.3 is 12.3 Å². The third-order valence-electron chi connectivity index (χ3n) is 2.25. The molecule has 5 nitrogen and oxygen atoms in total. The molecule has 1 aromatic carbocycles. The predicted molar refractivity (Wildman–Crippen MR) is 61.1 cm³/mol. The molecule has 0 aliphatic rings. The standard InChI is InChI=1S/C12H7F3N2O3/c13-12(14,15)20-8-3-1-2-7(4-8)9-5-10(11(18)19)17-6-16-9/h1-6H,(H,18,19). The Morgan fingerprint density at radius 3 is 2.60 bits per heavy atom. The molecule has 2 rings (SSSR count). The van der Waals surface area contributed by atoms with Crippen molar-refractivity contribution in [1.82, 2.24) is 9.97 Å². The first-order chi connectivity index (χ1) is 9.35. The van der Waals surface area contributed by atoms with E-state index in [0.29, 0.717) is 0 Å². The SMILES string of the molecule is O=C(O)c1cc(-c2cccc(OC(F)(F)F)c2)ncn1. The Labute approximate surface area is 110 Å². The highest BCUT2D eigenvalue weighted by Crippen LogP contribution is 2.27. The maximum Gasteiger partial charge on any atom is 0.573 e.